The number of nitrogens with one attached hydrogen (secondary N) is 1. The van der Waals surface area contributed by atoms with Crippen LogP contribution >= 0.6 is 0 Å². The third kappa shape index (κ3) is 2.37. The Kier molecular flexibility index (Phi) is 3.36. The molecule has 0 radical (unpaired) electrons. The summed E-state index contributed by atoms with van der Waals surface area (Å²) in [5.74, 6) is 1.24. The summed E-state index contributed by atoms with van der Waals surface area (Å²) in [6.45, 7) is 2.25. The second-order valence-electron chi connectivity index (χ2n) is 4.53. The van der Waals surface area contributed by atoms with Gasteiger partial charge in [-0.15, -0.1) is 0 Å². The minimum atomic E-state index is -0.429. The van der Waals surface area contributed by atoms with Crippen molar-refractivity contribution in [2.75, 3.05) is 0 Å². The molecule has 0 aromatic carbocycles. The molecule has 1 aliphatic carbocycles. The Morgan fingerprint density at radius 1 is 1.47 bits per heavy atom. The first-order valence-electron chi connectivity index (χ1n) is 5.85. The van der Waals surface area contributed by atoms with Crippen LogP contribution in [-0.2, 0) is 0 Å². The van der Waals surface area contributed by atoms with Crippen LogP contribution in [0.3, 0.4) is 0 Å². The minimum Gasteiger partial charge on any atom is -0.386 e. The highest BCUT2D eigenvalue weighted by atomic mass is 16.3. The smallest absolute Gasteiger partial charge is 0.111 e. The van der Waals surface area contributed by atoms with Gasteiger partial charge in [-0.3, -0.25) is 0 Å². The van der Waals surface area contributed by atoms with E-state index in [1.165, 1.54) is 19.3 Å². The number of aromatic amines is 1. The highest BCUT2D eigenvalue weighted by Crippen LogP contribution is 2.36. The van der Waals surface area contributed by atoms with Gasteiger partial charge in [0, 0.05) is 0 Å². The van der Waals surface area contributed by atoms with Gasteiger partial charge in [-0.1, -0.05) is 26.2 Å². The zero-order valence-electron chi connectivity index (χ0n) is 9.19. The standard InChI is InChI=1S/C11H19N3O/c1-2-8-3-5-9(6-4-8)11(15)10-7-12-14-13-10/h7-9,11,15H,2-6H2,1H3,(H,12,13,14). The first kappa shape index (κ1) is 10.6. The minimum absolute atomic E-state index is 0.373. The molecule has 4 heteroatoms. The van der Waals surface area contributed by atoms with Crippen molar-refractivity contribution in [3.8, 4) is 0 Å². The second-order valence-corrected chi connectivity index (χ2v) is 4.53. The van der Waals surface area contributed by atoms with Gasteiger partial charge in [-0.05, 0) is 24.7 Å². The van der Waals surface area contributed by atoms with E-state index in [0.29, 0.717) is 11.6 Å². The lowest BCUT2D eigenvalue weighted by Gasteiger charge is -2.30. The lowest BCUT2D eigenvalue weighted by molar-refractivity contribution is 0.0695. The van der Waals surface area contributed by atoms with Gasteiger partial charge in [0.1, 0.15) is 11.8 Å². The van der Waals surface area contributed by atoms with Crippen molar-refractivity contribution in [1.29, 1.82) is 0 Å². The predicted octanol–water partition coefficient (Wildman–Crippen LogP) is 2.05. The maximum absolute atomic E-state index is 10.1. The van der Waals surface area contributed by atoms with Crippen LogP contribution in [0.1, 0.15) is 50.8 Å². The maximum atomic E-state index is 10.1. The van der Waals surface area contributed by atoms with Crippen molar-refractivity contribution in [2.24, 2.45) is 11.8 Å². The van der Waals surface area contributed by atoms with E-state index in [2.05, 4.69) is 22.3 Å². The van der Waals surface area contributed by atoms with Crippen molar-refractivity contribution < 1.29 is 5.11 Å². The summed E-state index contributed by atoms with van der Waals surface area (Å²) in [5, 5.41) is 20.3. The quantitative estimate of drug-likeness (QED) is 0.801. The summed E-state index contributed by atoms with van der Waals surface area (Å²) < 4.78 is 0. The van der Waals surface area contributed by atoms with Crippen molar-refractivity contribution >= 4 is 0 Å². The highest BCUT2D eigenvalue weighted by Gasteiger charge is 2.27. The molecule has 15 heavy (non-hydrogen) atoms. The van der Waals surface area contributed by atoms with Crippen molar-refractivity contribution in [2.45, 2.75) is 45.1 Å². The van der Waals surface area contributed by atoms with E-state index >= 15 is 0 Å². The number of aromatic nitrogens is 3. The van der Waals surface area contributed by atoms with Gasteiger partial charge in [0.2, 0.25) is 0 Å². The normalized spacial score (nSPS) is 28.9. The average Bonchev–Trinajstić information content (AvgIpc) is 2.82. The Morgan fingerprint density at radius 3 is 2.73 bits per heavy atom. The number of aliphatic hydroxyl groups is 1. The van der Waals surface area contributed by atoms with E-state index in [1.54, 1.807) is 6.20 Å². The fraction of sp³-hybridized carbons (Fsp3) is 0.818. The van der Waals surface area contributed by atoms with Gasteiger partial charge in [0.05, 0.1) is 6.20 Å². The Hall–Kier alpha value is -0.900. The molecule has 2 rings (SSSR count). The third-order valence-electron chi connectivity index (χ3n) is 3.65. The van der Waals surface area contributed by atoms with Gasteiger partial charge >= 0.3 is 0 Å². The number of hydrogen-bond donors (Lipinski definition) is 2. The summed E-state index contributed by atoms with van der Waals surface area (Å²) in [6.07, 6.45) is 7.19. The number of H-pyrrole nitrogens is 1. The van der Waals surface area contributed by atoms with Crippen LogP contribution in [0, 0.1) is 11.8 Å². The van der Waals surface area contributed by atoms with E-state index in [4.69, 9.17) is 0 Å². The number of hydrogen-bond acceptors (Lipinski definition) is 3. The van der Waals surface area contributed by atoms with Crippen LogP contribution in [-0.4, -0.2) is 20.5 Å². The molecule has 0 saturated heterocycles. The molecule has 1 aromatic heterocycles. The highest BCUT2D eigenvalue weighted by molar-refractivity contribution is 4.98. The molecule has 1 aliphatic rings. The molecule has 1 atom stereocenters. The van der Waals surface area contributed by atoms with Gasteiger partial charge in [-0.2, -0.15) is 15.4 Å². The topological polar surface area (TPSA) is 61.8 Å². The Bertz CT molecular complexity index is 278. The molecule has 1 heterocycles. The molecule has 2 N–H and O–H groups in total. The Balaban J connectivity index is 1.90. The van der Waals surface area contributed by atoms with E-state index in [1.807, 2.05) is 0 Å². The zero-order chi connectivity index (χ0) is 10.7. The van der Waals surface area contributed by atoms with E-state index in [9.17, 15) is 5.11 Å². The van der Waals surface area contributed by atoms with Crippen LogP contribution < -0.4 is 0 Å². The number of aliphatic hydroxyl groups excluding tert-OH is 1. The molecule has 1 fully saturated rings. The summed E-state index contributed by atoms with van der Waals surface area (Å²) in [7, 11) is 0. The Labute approximate surface area is 90.1 Å². The number of rotatable bonds is 3. The van der Waals surface area contributed by atoms with E-state index in [0.717, 1.165) is 18.8 Å². The summed E-state index contributed by atoms with van der Waals surface area (Å²) in [5.41, 5.74) is 0.690. The molecule has 0 spiro atoms. The predicted molar refractivity (Wildman–Crippen MR) is 57.1 cm³/mol. The zero-order valence-corrected chi connectivity index (χ0v) is 9.19. The maximum Gasteiger partial charge on any atom is 0.111 e. The molecular weight excluding hydrogens is 190 g/mol. The third-order valence-corrected chi connectivity index (χ3v) is 3.65. The van der Waals surface area contributed by atoms with Crippen LogP contribution in [0.4, 0.5) is 0 Å². The molecule has 0 amide bonds. The van der Waals surface area contributed by atoms with Gasteiger partial charge in [0.15, 0.2) is 0 Å². The molecule has 0 aliphatic heterocycles. The molecule has 84 valence electrons. The number of nitrogens with zero attached hydrogens (tertiary/aromatic N) is 2. The summed E-state index contributed by atoms with van der Waals surface area (Å²) in [4.78, 5) is 0. The van der Waals surface area contributed by atoms with Gasteiger partial charge in [0.25, 0.3) is 0 Å². The molecule has 1 saturated carbocycles. The van der Waals surface area contributed by atoms with Crippen molar-refractivity contribution in [3.05, 3.63) is 11.9 Å². The molecule has 1 unspecified atom stereocenters. The molecule has 4 nitrogen and oxygen atoms in total. The first-order chi connectivity index (χ1) is 7.31. The summed E-state index contributed by atoms with van der Waals surface area (Å²) in [6, 6.07) is 0. The van der Waals surface area contributed by atoms with Crippen molar-refractivity contribution in [1.82, 2.24) is 15.4 Å². The monoisotopic (exact) mass is 209 g/mol. The average molecular weight is 209 g/mol. The Morgan fingerprint density at radius 2 is 2.20 bits per heavy atom. The largest absolute Gasteiger partial charge is 0.386 e. The van der Waals surface area contributed by atoms with Crippen LogP contribution in [0.2, 0.25) is 0 Å². The van der Waals surface area contributed by atoms with Gasteiger partial charge < -0.3 is 5.11 Å². The first-order valence-corrected chi connectivity index (χ1v) is 5.85. The molecule has 1 aromatic rings. The second kappa shape index (κ2) is 4.75. The van der Waals surface area contributed by atoms with Gasteiger partial charge in [-0.25, -0.2) is 0 Å². The molecule has 0 bridgehead atoms. The van der Waals surface area contributed by atoms with Crippen molar-refractivity contribution in [3.63, 3.8) is 0 Å². The lowest BCUT2D eigenvalue weighted by atomic mass is 9.78. The van der Waals surface area contributed by atoms with Crippen LogP contribution in [0.15, 0.2) is 6.20 Å². The van der Waals surface area contributed by atoms with Crippen LogP contribution in [0.5, 0.6) is 0 Å². The SMILES string of the molecule is CCC1CCC(C(O)c2cn[nH]n2)CC1. The van der Waals surface area contributed by atoms with Crippen LogP contribution in [0.25, 0.3) is 0 Å². The van der Waals surface area contributed by atoms with E-state index in [-0.39, 0.29) is 0 Å². The lowest BCUT2D eigenvalue weighted by Crippen LogP contribution is -2.20. The molecular formula is C11H19N3O. The summed E-state index contributed by atoms with van der Waals surface area (Å²) >= 11 is 0. The van der Waals surface area contributed by atoms with E-state index < -0.39 is 6.10 Å². The fourth-order valence-corrected chi connectivity index (χ4v) is 2.51. The fourth-order valence-electron chi connectivity index (χ4n) is 2.51.